The number of hydrogen-bond acceptors (Lipinski definition) is 4. The van der Waals surface area contributed by atoms with Gasteiger partial charge in [-0.1, -0.05) is 0 Å². The lowest BCUT2D eigenvalue weighted by Gasteiger charge is -2.13. The summed E-state index contributed by atoms with van der Waals surface area (Å²) in [6, 6.07) is 0. The molecule has 2 aliphatic rings. The van der Waals surface area contributed by atoms with Crippen LogP contribution in [0.1, 0.15) is 30.6 Å². The minimum absolute atomic E-state index is 0.148. The van der Waals surface area contributed by atoms with Gasteiger partial charge in [-0.3, -0.25) is 4.79 Å². The predicted molar refractivity (Wildman–Crippen MR) is 101 cm³/mol. The lowest BCUT2D eigenvalue weighted by atomic mass is 10.1. The van der Waals surface area contributed by atoms with Crippen LogP contribution in [0.2, 0.25) is 0 Å². The van der Waals surface area contributed by atoms with E-state index in [1.165, 1.54) is 37.0 Å². The lowest BCUT2D eigenvalue weighted by Crippen LogP contribution is -2.22. The summed E-state index contributed by atoms with van der Waals surface area (Å²) in [7, 11) is 4.03. The second-order valence-electron chi connectivity index (χ2n) is 6.50. The molecule has 2 aromatic heterocycles. The van der Waals surface area contributed by atoms with E-state index in [4.69, 9.17) is 0 Å². The topological polar surface area (TPSA) is 23.6 Å². The highest BCUT2D eigenvalue weighted by Gasteiger charge is 2.39. The summed E-state index contributed by atoms with van der Waals surface area (Å²) < 4.78 is 0. The molecular formula is C18H20N2OS2. The van der Waals surface area contributed by atoms with Crippen molar-refractivity contribution in [3.05, 3.63) is 30.6 Å². The highest BCUT2D eigenvalue weighted by Crippen LogP contribution is 2.52. The second-order valence-corrected chi connectivity index (χ2v) is 8.95. The first-order chi connectivity index (χ1) is 10.8. The third-order valence-corrected chi connectivity index (χ3v) is 7.61. The summed E-state index contributed by atoms with van der Waals surface area (Å²) in [5.41, 5.74) is 7.14. The van der Waals surface area contributed by atoms with Gasteiger partial charge in [-0.05, 0) is 38.8 Å². The van der Waals surface area contributed by atoms with Crippen molar-refractivity contribution in [1.29, 1.82) is 0 Å². The third-order valence-electron chi connectivity index (χ3n) is 5.14. The Hall–Kier alpha value is -1.59. The quantitative estimate of drug-likeness (QED) is 0.662. The molecule has 0 spiro atoms. The van der Waals surface area contributed by atoms with E-state index >= 15 is 0 Å². The number of fused-ring (bicyclic) bond motifs is 2. The van der Waals surface area contributed by atoms with Crippen LogP contribution in [0.25, 0.3) is 11.1 Å². The monoisotopic (exact) mass is 344 g/mol. The molecule has 0 atom stereocenters. The molecule has 2 aromatic rings. The Morgan fingerprint density at radius 2 is 1.43 bits per heavy atom. The van der Waals surface area contributed by atoms with Crippen LogP contribution in [-0.4, -0.2) is 26.5 Å². The average molecular weight is 345 g/mol. The zero-order valence-corrected chi connectivity index (χ0v) is 16.0. The average Bonchev–Trinajstić information content (AvgIpc) is 3.13. The van der Waals surface area contributed by atoms with Crippen LogP contribution in [0.3, 0.4) is 0 Å². The normalized spacial score (nSPS) is 19.8. The van der Waals surface area contributed by atoms with Gasteiger partial charge in [0.15, 0.2) is 0 Å². The molecule has 2 aliphatic heterocycles. The zero-order chi connectivity index (χ0) is 16.6. The number of thiophene rings is 2. The van der Waals surface area contributed by atoms with Crippen LogP contribution in [-0.2, 0) is 4.79 Å². The van der Waals surface area contributed by atoms with E-state index in [2.05, 4.69) is 39.6 Å². The van der Waals surface area contributed by atoms with Gasteiger partial charge in [0.25, 0.3) is 5.91 Å². The van der Waals surface area contributed by atoms with Crippen molar-refractivity contribution < 1.29 is 4.79 Å². The smallest absolute Gasteiger partial charge is 0.259 e. The van der Waals surface area contributed by atoms with Crippen LogP contribution in [0.4, 0.5) is 11.4 Å². The molecule has 0 saturated heterocycles. The Balaban J connectivity index is 2.02. The first-order valence-corrected chi connectivity index (χ1v) is 9.39. The number of aryl methyl sites for hydroxylation is 2. The Morgan fingerprint density at radius 3 is 2.09 bits per heavy atom. The molecule has 0 fully saturated rings. The summed E-state index contributed by atoms with van der Waals surface area (Å²) in [5, 5.41) is 0. The van der Waals surface area contributed by atoms with Crippen molar-refractivity contribution in [3.8, 4) is 0 Å². The van der Waals surface area contributed by atoms with E-state index in [9.17, 15) is 4.79 Å². The van der Waals surface area contributed by atoms with Crippen molar-refractivity contribution in [2.75, 3.05) is 30.4 Å². The van der Waals surface area contributed by atoms with Crippen LogP contribution < -0.4 is 9.80 Å². The molecular weight excluding hydrogens is 324 g/mol. The SMILES string of the molecule is Cc1sc2c(c1C)N(C)C/C2=C1/C(=O)N(C)c2c1sc(C)c2C. The fourth-order valence-electron chi connectivity index (χ4n) is 3.68. The lowest BCUT2D eigenvalue weighted by molar-refractivity contribution is -0.112. The van der Waals surface area contributed by atoms with Crippen LogP contribution >= 0.6 is 22.7 Å². The molecule has 0 unspecified atom stereocenters. The molecule has 3 nitrogen and oxygen atoms in total. The highest BCUT2D eigenvalue weighted by molar-refractivity contribution is 7.15. The number of anilines is 2. The molecule has 23 heavy (non-hydrogen) atoms. The maximum Gasteiger partial charge on any atom is 0.259 e. The number of nitrogens with zero attached hydrogens (tertiary/aromatic N) is 2. The summed E-state index contributed by atoms with van der Waals surface area (Å²) in [5.74, 6) is 0.148. The van der Waals surface area contributed by atoms with E-state index in [1.807, 2.05) is 23.3 Å². The molecule has 4 heterocycles. The van der Waals surface area contributed by atoms with Crippen molar-refractivity contribution in [2.45, 2.75) is 27.7 Å². The summed E-state index contributed by atoms with van der Waals surface area (Å²) in [4.78, 5) is 22.2. The summed E-state index contributed by atoms with van der Waals surface area (Å²) >= 11 is 3.58. The Kier molecular flexibility index (Phi) is 3.06. The molecule has 0 bridgehead atoms. The predicted octanol–water partition coefficient (Wildman–Crippen LogP) is 4.38. The van der Waals surface area contributed by atoms with Gasteiger partial charge in [0.05, 0.1) is 26.7 Å². The van der Waals surface area contributed by atoms with Crippen LogP contribution in [0.15, 0.2) is 0 Å². The first kappa shape index (κ1) is 15.0. The van der Waals surface area contributed by atoms with E-state index in [0.717, 1.165) is 22.7 Å². The number of likely N-dealkylation sites (N-methyl/N-ethyl adjacent to an activating group) is 2. The minimum atomic E-state index is 0.148. The van der Waals surface area contributed by atoms with Crippen molar-refractivity contribution in [3.63, 3.8) is 0 Å². The van der Waals surface area contributed by atoms with Gasteiger partial charge in [-0.25, -0.2) is 0 Å². The molecule has 4 rings (SSSR count). The third kappa shape index (κ3) is 1.78. The number of carbonyl (C=O) groups is 1. The maximum atomic E-state index is 12.9. The molecule has 0 aliphatic carbocycles. The van der Waals surface area contributed by atoms with Gasteiger partial charge in [-0.15, -0.1) is 22.7 Å². The van der Waals surface area contributed by atoms with E-state index in [1.54, 1.807) is 11.3 Å². The van der Waals surface area contributed by atoms with Crippen LogP contribution in [0.5, 0.6) is 0 Å². The fraction of sp³-hybridized carbons (Fsp3) is 0.389. The summed E-state index contributed by atoms with van der Waals surface area (Å²) in [6.45, 7) is 9.44. The number of hydrogen-bond donors (Lipinski definition) is 0. The Morgan fingerprint density at radius 1 is 0.870 bits per heavy atom. The number of amides is 1. The standard InChI is InChI=1S/C18H20N2OS2/c1-8-10(3)22-16-12(7-19(5)14(8)16)13-17-15(20(6)18(13)21)9(2)11(4)23-17/h7H2,1-6H3/b13-12-. The summed E-state index contributed by atoms with van der Waals surface area (Å²) in [6.07, 6.45) is 0. The van der Waals surface area contributed by atoms with Gasteiger partial charge in [0.2, 0.25) is 0 Å². The number of carbonyl (C=O) groups excluding carboxylic acids is 1. The number of rotatable bonds is 0. The maximum absolute atomic E-state index is 12.9. The molecule has 0 aromatic carbocycles. The first-order valence-electron chi connectivity index (χ1n) is 7.76. The molecule has 120 valence electrons. The molecule has 0 saturated carbocycles. The van der Waals surface area contributed by atoms with Crippen LogP contribution in [0, 0.1) is 27.7 Å². The minimum Gasteiger partial charge on any atom is -0.369 e. The van der Waals surface area contributed by atoms with Crippen molar-refractivity contribution in [2.24, 2.45) is 0 Å². The fourth-order valence-corrected chi connectivity index (χ4v) is 6.19. The second kappa shape index (κ2) is 4.71. The Bertz CT molecular complexity index is 901. The van der Waals surface area contributed by atoms with Crippen molar-refractivity contribution >= 4 is 51.1 Å². The molecule has 0 radical (unpaired) electrons. The zero-order valence-electron chi connectivity index (χ0n) is 14.3. The largest absolute Gasteiger partial charge is 0.369 e. The van der Waals surface area contributed by atoms with E-state index < -0.39 is 0 Å². The molecule has 0 N–H and O–H groups in total. The highest BCUT2D eigenvalue weighted by atomic mass is 32.1. The van der Waals surface area contributed by atoms with E-state index in [0.29, 0.717) is 0 Å². The van der Waals surface area contributed by atoms with Gasteiger partial charge >= 0.3 is 0 Å². The molecule has 1 amide bonds. The Labute approximate surface area is 144 Å². The molecule has 5 heteroatoms. The van der Waals surface area contributed by atoms with Gasteiger partial charge < -0.3 is 9.80 Å². The van der Waals surface area contributed by atoms with Gasteiger partial charge in [0.1, 0.15) is 0 Å². The van der Waals surface area contributed by atoms with E-state index in [-0.39, 0.29) is 5.91 Å². The van der Waals surface area contributed by atoms with Gasteiger partial charge in [0, 0.05) is 36.0 Å². The van der Waals surface area contributed by atoms with Crippen molar-refractivity contribution in [1.82, 2.24) is 0 Å². The van der Waals surface area contributed by atoms with Gasteiger partial charge in [-0.2, -0.15) is 0 Å².